The molecule has 0 unspecified atom stereocenters. The van der Waals surface area contributed by atoms with Gasteiger partial charge in [0.2, 0.25) is 0 Å². The van der Waals surface area contributed by atoms with Crippen molar-refractivity contribution in [3.63, 3.8) is 0 Å². The Kier molecular flexibility index (Phi) is 5.53. The predicted octanol–water partition coefficient (Wildman–Crippen LogP) is 6.00. The average molecular weight is 446 g/mol. The number of carboxylic acids is 1. The number of benzene rings is 2. The van der Waals surface area contributed by atoms with E-state index in [9.17, 15) is 18.0 Å². The summed E-state index contributed by atoms with van der Waals surface area (Å²) in [7, 11) is 0. The summed E-state index contributed by atoms with van der Waals surface area (Å²) >= 11 is 1.54. The Morgan fingerprint density at radius 2 is 1.90 bits per heavy atom. The van der Waals surface area contributed by atoms with Gasteiger partial charge in [-0.3, -0.25) is 4.79 Å². The maximum Gasteiger partial charge on any atom is 0.416 e. The van der Waals surface area contributed by atoms with Gasteiger partial charge in [0, 0.05) is 38.9 Å². The van der Waals surface area contributed by atoms with E-state index in [0.29, 0.717) is 22.8 Å². The van der Waals surface area contributed by atoms with Gasteiger partial charge >= 0.3 is 12.1 Å². The van der Waals surface area contributed by atoms with Crippen molar-refractivity contribution < 1.29 is 27.6 Å². The molecule has 2 aromatic carbocycles. The molecule has 2 heterocycles. The van der Waals surface area contributed by atoms with E-state index >= 15 is 0 Å². The van der Waals surface area contributed by atoms with Crippen LogP contribution in [0.4, 0.5) is 13.2 Å². The maximum atomic E-state index is 12.8. The van der Waals surface area contributed by atoms with Gasteiger partial charge in [0.05, 0.1) is 11.3 Å². The third-order valence-electron chi connectivity index (χ3n) is 4.92. The lowest BCUT2D eigenvalue weighted by atomic mass is 10.1. The molecule has 0 aliphatic rings. The number of hydrogen-bond acceptors (Lipinski definition) is 4. The standard InChI is InChI=1S/C22H17F3N2O3S/c1-13-18(26-30-21(13)14-2-4-16(5-3-14)22(23,24)25)12-31-17-6-7-19-15(10-17)8-9-27(19)11-20(28)29/h2-10H,11-12H2,1H3,(H,28,29). The molecule has 0 atom stereocenters. The zero-order chi connectivity index (χ0) is 22.2. The third kappa shape index (κ3) is 4.46. The first-order valence-electron chi connectivity index (χ1n) is 9.28. The van der Waals surface area contributed by atoms with E-state index in [2.05, 4.69) is 5.16 Å². The molecular weight excluding hydrogens is 429 g/mol. The molecule has 1 N–H and O–H groups in total. The van der Waals surface area contributed by atoms with Crippen LogP contribution in [0.25, 0.3) is 22.2 Å². The minimum atomic E-state index is -4.38. The van der Waals surface area contributed by atoms with E-state index in [1.807, 2.05) is 31.2 Å². The molecule has 0 fully saturated rings. The summed E-state index contributed by atoms with van der Waals surface area (Å²) < 4.78 is 45.3. The van der Waals surface area contributed by atoms with E-state index in [-0.39, 0.29) is 6.54 Å². The second kappa shape index (κ2) is 8.14. The van der Waals surface area contributed by atoms with Crippen molar-refractivity contribution in [3.8, 4) is 11.3 Å². The minimum absolute atomic E-state index is 0.0964. The number of carbonyl (C=O) groups is 1. The predicted molar refractivity (Wildman–Crippen MR) is 111 cm³/mol. The highest BCUT2D eigenvalue weighted by molar-refractivity contribution is 7.98. The second-order valence-electron chi connectivity index (χ2n) is 7.01. The highest BCUT2D eigenvalue weighted by Crippen LogP contribution is 2.34. The molecule has 0 aliphatic carbocycles. The minimum Gasteiger partial charge on any atom is -0.480 e. The average Bonchev–Trinajstić information content (AvgIpc) is 3.28. The van der Waals surface area contributed by atoms with Crippen LogP contribution in [0.15, 0.2) is 64.1 Å². The largest absolute Gasteiger partial charge is 0.480 e. The Hall–Kier alpha value is -3.20. The van der Waals surface area contributed by atoms with Crippen molar-refractivity contribution in [2.45, 2.75) is 30.3 Å². The summed E-state index contributed by atoms with van der Waals surface area (Å²) in [5.41, 5.74) is 2.16. The van der Waals surface area contributed by atoms with Gasteiger partial charge in [-0.1, -0.05) is 17.3 Å². The van der Waals surface area contributed by atoms with Crippen LogP contribution >= 0.6 is 11.8 Å². The molecule has 160 valence electrons. The summed E-state index contributed by atoms with van der Waals surface area (Å²) in [4.78, 5) is 11.9. The summed E-state index contributed by atoms with van der Waals surface area (Å²) in [5, 5.41) is 14.0. The Morgan fingerprint density at radius 3 is 2.58 bits per heavy atom. The van der Waals surface area contributed by atoms with Crippen LogP contribution in [-0.4, -0.2) is 20.8 Å². The van der Waals surface area contributed by atoms with Gasteiger partial charge in [0.1, 0.15) is 6.54 Å². The van der Waals surface area contributed by atoms with E-state index < -0.39 is 17.7 Å². The highest BCUT2D eigenvalue weighted by Gasteiger charge is 2.30. The zero-order valence-corrected chi connectivity index (χ0v) is 17.1. The Bertz CT molecular complexity index is 1240. The summed E-state index contributed by atoms with van der Waals surface area (Å²) in [6.07, 6.45) is -2.64. The Balaban J connectivity index is 1.48. The molecule has 9 heteroatoms. The number of carboxylic acid groups (broad SMARTS) is 1. The number of aliphatic carboxylic acids is 1. The SMILES string of the molecule is Cc1c(CSc2ccc3c(ccn3CC(=O)O)c2)noc1-c1ccc(C(F)(F)F)cc1. The fourth-order valence-electron chi connectivity index (χ4n) is 3.29. The summed E-state index contributed by atoms with van der Waals surface area (Å²) in [6.45, 7) is 1.73. The van der Waals surface area contributed by atoms with Crippen LogP contribution in [0.5, 0.6) is 0 Å². The first-order chi connectivity index (χ1) is 14.7. The second-order valence-corrected chi connectivity index (χ2v) is 8.05. The Morgan fingerprint density at radius 1 is 1.16 bits per heavy atom. The van der Waals surface area contributed by atoms with Crippen molar-refractivity contribution in [2.24, 2.45) is 0 Å². The van der Waals surface area contributed by atoms with E-state index in [1.54, 1.807) is 22.5 Å². The third-order valence-corrected chi connectivity index (χ3v) is 5.92. The quantitative estimate of drug-likeness (QED) is 0.368. The van der Waals surface area contributed by atoms with Crippen molar-refractivity contribution in [1.82, 2.24) is 9.72 Å². The van der Waals surface area contributed by atoms with Gasteiger partial charge in [-0.2, -0.15) is 13.2 Å². The lowest BCUT2D eigenvalue weighted by Gasteiger charge is -2.06. The van der Waals surface area contributed by atoms with Gasteiger partial charge in [-0.15, -0.1) is 11.8 Å². The van der Waals surface area contributed by atoms with Crippen molar-refractivity contribution >= 4 is 28.6 Å². The number of hydrogen-bond donors (Lipinski definition) is 1. The molecule has 31 heavy (non-hydrogen) atoms. The number of alkyl halides is 3. The van der Waals surface area contributed by atoms with E-state index in [0.717, 1.165) is 33.5 Å². The fourth-order valence-corrected chi connectivity index (χ4v) is 4.23. The molecule has 2 aromatic heterocycles. The lowest BCUT2D eigenvalue weighted by Crippen LogP contribution is -2.06. The number of fused-ring (bicyclic) bond motifs is 1. The fraction of sp³-hybridized carbons (Fsp3) is 0.182. The number of halogens is 3. The van der Waals surface area contributed by atoms with Crippen molar-refractivity contribution in [3.05, 3.63) is 71.5 Å². The molecule has 0 saturated carbocycles. The molecule has 0 radical (unpaired) electrons. The molecule has 0 amide bonds. The van der Waals surface area contributed by atoms with Crippen LogP contribution in [0.3, 0.4) is 0 Å². The van der Waals surface area contributed by atoms with Gasteiger partial charge < -0.3 is 14.2 Å². The number of aromatic nitrogens is 2. The molecule has 0 spiro atoms. The van der Waals surface area contributed by atoms with Crippen LogP contribution in [-0.2, 0) is 23.3 Å². The van der Waals surface area contributed by atoms with Crippen LogP contribution in [0.2, 0.25) is 0 Å². The van der Waals surface area contributed by atoms with E-state index in [1.165, 1.54) is 12.1 Å². The lowest BCUT2D eigenvalue weighted by molar-refractivity contribution is -0.138. The van der Waals surface area contributed by atoms with Gasteiger partial charge in [0.25, 0.3) is 0 Å². The van der Waals surface area contributed by atoms with Gasteiger partial charge in [-0.05, 0) is 43.3 Å². The normalized spacial score (nSPS) is 11.9. The molecule has 0 aliphatic heterocycles. The summed E-state index contributed by atoms with van der Waals surface area (Å²) in [6, 6.07) is 12.4. The first-order valence-corrected chi connectivity index (χ1v) is 10.3. The zero-order valence-electron chi connectivity index (χ0n) is 16.3. The number of rotatable bonds is 6. The summed E-state index contributed by atoms with van der Waals surface area (Å²) in [5.74, 6) is 0.0731. The number of thioether (sulfide) groups is 1. The topological polar surface area (TPSA) is 68.3 Å². The molecule has 0 saturated heterocycles. The number of nitrogens with zero attached hydrogens (tertiary/aromatic N) is 2. The molecule has 0 bridgehead atoms. The van der Waals surface area contributed by atoms with Gasteiger partial charge in [0.15, 0.2) is 5.76 Å². The van der Waals surface area contributed by atoms with Crippen molar-refractivity contribution in [1.29, 1.82) is 0 Å². The molecule has 5 nitrogen and oxygen atoms in total. The van der Waals surface area contributed by atoms with Crippen LogP contribution in [0.1, 0.15) is 16.8 Å². The molecule has 4 rings (SSSR count). The monoisotopic (exact) mass is 446 g/mol. The smallest absolute Gasteiger partial charge is 0.416 e. The van der Waals surface area contributed by atoms with Crippen LogP contribution in [0, 0.1) is 6.92 Å². The molecule has 4 aromatic rings. The Labute approximate surface area is 179 Å². The first kappa shape index (κ1) is 21.0. The van der Waals surface area contributed by atoms with Crippen molar-refractivity contribution in [2.75, 3.05) is 0 Å². The van der Waals surface area contributed by atoms with Crippen LogP contribution < -0.4 is 0 Å². The molecular formula is C22H17F3N2O3S. The maximum absolute atomic E-state index is 12.8. The highest BCUT2D eigenvalue weighted by atomic mass is 32.2. The van der Waals surface area contributed by atoms with Gasteiger partial charge in [-0.25, -0.2) is 0 Å². The van der Waals surface area contributed by atoms with E-state index in [4.69, 9.17) is 9.63 Å².